The van der Waals surface area contributed by atoms with Crippen LogP contribution < -0.4 is 0 Å². The molecule has 0 rings (SSSR count). The summed E-state index contributed by atoms with van der Waals surface area (Å²) in [6, 6.07) is 0. The zero-order valence-corrected chi connectivity index (χ0v) is 11.3. The number of nitrogens with zero attached hydrogens (tertiary/aromatic N) is 1. The van der Waals surface area contributed by atoms with Crippen LogP contribution in [0.3, 0.4) is 0 Å². The Morgan fingerprint density at radius 1 is 0.667 bits per heavy atom. The molecule has 15 heavy (non-hydrogen) atoms. The van der Waals surface area contributed by atoms with E-state index in [1.807, 2.05) is 0 Å². The van der Waals surface area contributed by atoms with E-state index in [1.54, 1.807) is 0 Å². The topological polar surface area (TPSA) is 23.5 Å². The fraction of sp³-hybridized carbons (Fsp3) is 1.00. The van der Waals surface area contributed by atoms with Crippen molar-refractivity contribution in [3.63, 3.8) is 0 Å². The van der Waals surface area contributed by atoms with E-state index in [0.29, 0.717) is 0 Å². The number of hydrogen-bond donors (Lipinski definition) is 1. The summed E-state index contributed by atoms with van der Waals surface area (Å²) in [6.07, 6.45) is 8.09. The van der Waals surface area contributed by atoms with Crippen LogP contribution in [0, 0.1) is 0 Å². The molecule has 0 unspecified atom stereocenters. The van der Waals surface area contributed by atoms with Crippen LogP contribution in [0.2, 0.25) is 0 Å². The summed E-state index contributed by atoms with van der Waals surface area (Å²) >= 11 is 0. The molecule has 0 aromatic rings. The molecular weight excluding hydrogens is 186 g/mol. The van der Waals surface area contributed by atoms with Crippen LogP contribution in [0.1, 0.15) is 59.3 Å². The molecule has 0 aromatic carbocycles. The molecular formula is C13H31NO. The molecule has 2 nitrogen and oxygen atoms in total. The number of aliphatic hydroxyl groups excluding tert-OH is 1. The molecule has 0 aliphatic carbocycles. The maximum absolute atomic E-state index is 7.00. The molecule has 0 radical (unpaired) electrons. The normalized spacial score (nSPS) is 10.0. The number of hydrogen-bond acceptors (Lipinski definition) is 2. The van der Waals surface area contributed by atoms with Crippen molar-refractivity contribution in [3.8, 4) is 0 Å². The maximum atomic E-state index is 7.00. The van der Waals surface area contributed by atoms with E-state index >= 15 is 0 Å². The Morgan fingerprint density at radius 3 is 1.13 bits per heavy atom. The summed E-state index contributed by atoms with van der Waals surface area (Å²) in [5.74, 6) is 0. The van der Waals surface area contributed by atoms with Crippen LogP contribution in [0.15, 0.2) is 0 Å². The Balaban J connectivity index is 0. The van der Waals surface area contributed by atoms with Crippen molar-refractivity contribution in [2.75, 3.05) is 26.7 Å². The molecule has 0 spiro atoms. The van der Waals surface area contributed by atoms with E-state index < -0.39 is 0 Å². The van der Waals surface area contributed by atoms with Gasteiger partial charge < -0.3 is 10.0 Å². The lowest BCUT2D eigenvalue weighted by atomic mass is 10.2. The predicted octanol–water partition coefficient (Wildman–Crippen LogP) is 3.30. The molecule has 0 saturated carbocycles. The highest BCUT2D eigenvalue weighted by molar-refractivity contribution is 4.57. The van der Waals surface area contributed by atoms with Gasteiger partial charge in [0.05, 0.1) is 0 Å². The van der Waals surface area contributed by atoms with E-state index in [0.717, 1.165) is 7.11 Å². The van der Waals surface area contributed by atoms with Crippen molar-refractivity contribution in [1.82, 2.24) is 4.90 Å². The van der Waals surface area contributed by atoms with Gasteiger partial charge in [-0.1, -0.05) is 40.0 Å². The summed E-state index contributed by atoms with van der Waals surface area (Å²) in [6.45, 7) is 10.8. The minimum atomic E-state index is 1.00. The smallest absolute Gasteiger partial charge is 0.0319 e. The molecule has 0 aliphatic rings. The second-order valence-electron chi connectivity index (χ2n) is 3.90. The molecule has 0 bridgehead atoms. The summed E-state index contributed by atoms with van der Waals surface area (Å²) < 4.78 is 0. The van der Waals surface area contributed by atoms with Gasteiger partial charge in [-0.2, -0.15) is 0 Å². The molecule has 0 saturated heterocycles. The van der Waals surface area contributed by atoms with Crippen molar-refractivity contribution in [2.24, 2.45) is 0 Å². The van der Waals surface area contributed by atoms with Crippen LogP contribution in [0.25, 0.3) is 0 Å². The highest BCUT2D eigenvalue weighted by Crippen LogP contribution is 2.01. The van der Waals surface area contributed by atoms with Crippen molar-refractivity contribution in [3.05, 3.63) is 0 Å². The van der Waals surface area contributed by atoms with Crippen molar-refractivity contribution in [1.29, 1.82) is 0 Å². The average Bonchev–Trinajstić information content (AvgIpc) is 2.31. The fourth-order valence-electron chi connectivity index (χ4n) is 1.48. The van der Waals surface area contributed by atoms with Gasteiger partial charge in [-0.05, 0) is 38.9 Å². The third-order valence-corrected chi connectivity index (χ3v) is 2.48. The van der Waals surface area contributed by atoms with Crippen molar-refractivity contribution in [2.45, 2.75) is 59.3 Å². The van der Waals surface area contributed by atoms with Gasteiger partial charge >= 0.3 is 0 Å². The molecule has 2 heteroatoms. The van der Waals surface area contributed by atoms with Gasteiger partial charge in [0.1, 0.15) is 0 Å². The van der Waals surface area contributed by atoms with Crippen molar-refractivity contribution >= 4 is 0 Å². The lowest BCUT2D eigenvalue weighted by Crippen LogP contribution is -2.27. The minimum Gasteiger partial charge on any atom is -0.400 e. The van der Waals surface area contributed by atoms with E-state index in [9.17, 15) is 0 Å². The Labute approximate surface area is 96.7 Å². The van der Waals surface area contributed by atoms with Gasteiger partial charge in [0.2, 0.25) is 0 Å². The average molecular weight is 217 g/mol. The summed E-state index contributed by atoms with van der Waals surface area (Å²) in [5, 5.41) is 7.00. The Kier molecular flexibility index (Phi) is 18.9. The molecule has 0 fully saturated rings. The SMILES string of the molecule is CCCCN(CCCC)CCCC.CO. The summed E-state index contributed by atoms with van der Waals surface area (Å²) in [5.41, 5.74) is 0. The highest BCUT2D eigenvalue weighted by atomic mass is 16.2. The standard InChI is InChI=1S/C12H27N.CH4O/c1-4-7-10-13(11-8-5-2)12-9-6-3;1-2/h4-12H2,1-3H3;2H,1H3. The van der Waals surface area contributed by atoms with Gasteiger partial charge in [-0.25, -0.2) is 0 Å². The molecule has 0 heterocycles. The van der Waals surface area contributed by atoms with E-state index in [1.165, 1.54) is 58.2 Å². The zero-order valence-electron chi connectivity index (χ0n) is 11.3. The predicted molar refractivity (Wildman–Crippen MR) is 69.3 cm³/mol. The number of aliphatic hydroxyl groups is 1. The Morgan fingerprint density at radius 2 is 0.933 bits per heavy atom. The number of rotatable bonds is 9. The van der Waals surface area contributed by atoms with Crippen LogP contribution in [0.4, 0.5) is 0 Å². The van der Waals surface area contributed by atoms with Crippen LogP contribution in [-0.2, 0) is 0 Å². The lowest BCUT2D eigenvalue weighted by Gasteiger charge is -2.21. The molecule has 0 aromatic heterocycles. The van der Waals surface area contributed by atoms with Gasteiger partial charge in [-0.15, -0.1) is 0 Å². The summed E-state index contributed by atoms with van der Waals surface area (Å²) in [7, 11) is 1.00. The van der Waals surface area contributed by atoms with Crippen LogP contribution >= 0.6 is 0 Å². The first-order valence-corrected chi connectivity index (χ1v) is 6.52. The van der Waals surface area contributed by atoms with E-state index in [-0.39, 0.29) is 0 Å². The Hall–Kier alpha value is -0.0800. The maximum Gasteiger partial charge on any atom is 0.0319 e. The second-order valence-corrected chi connectivity index (χ2v) is 3.90. The largest absolute Gasteiger partial charge is 0.400 e. The van der Waals surface area contributed by atoms with Crippen LogP contribution in [0.5, 0.6) is 0 Å². The second kappa shape index (κ2) is 16.4. The van der Waals surface area contributed by atoms with Crippen LogP contribution in [-0.4, -0.2) is 36.8 Å². The number of unbranched alkanes of at least 4 members (excludes halogenated alkanes) is 3. The zero-order chi connectivity index (χ0) is 11.9. The minimum absolute atomic E-state index is 1.00. The Bertz CT molecular complexity index is 77.5. The first-order chi connectivity index (χ1) is 7.35. The monoisotopic (exact) mass is 217 g/mol. The third-order valence-electron chi connectivity index (χ3n) is 2.48. The molecule has 0 atom stereocenters. The first kappa shape index (κ1) is 17.3. The highest BCUT2D eigenvalue weighted by Gasteiger charge is 2.01. The molecule has 0 amide bonds. The third kappa shape index (κ3) is 13.9. The van der Waals surface area contributed by atoms with E-state index in [4.69, 9.17) is 5.11 Å². The van der Waals surface area contributed by atoms with Gasteiger partial charge in [-0.3, -0.25) is 0 Å². The van der Waals surface area contributed by atoms with Gasteiger partial charge in [0, 0.05) is 7.11 Å². The lowest BCUT2D eigenvalue weighted by molar-refractivity contribution is 0.261. The first-order valence-electron chi connectivity index (χ1n) is 6.52. The molecule has 94 valence electrons. The van der Waals surface area contributed by atoms with Gasteiger partial charge in [0.15, 0.2) is 0 Å². The van der Waals surface area contributed by atoms with E-state index in [2.05, 4.69) is 25.7 Å². The van der Waals surface area contributed by atoms with Gasteiger partial charge in [0.25, 0.3) is 0 Å². The quantitative estimate of drug-likeness (QED) is 0.640. The molecule has 0 aliphatic heterocycles. The van der Waals surface area contributed by atoms with Crippen molar-refractivity contribution < 1.29 is 5.11 Å². The summed E-state index contributed by atoms with van der Waals surface area (Å²) in [4.78, 5) is 2.64. The fourth-order valence-corrected chi connectivity index (χ4v) is 1.48. The molecule has 1 N–H and O–H groups in total.